The summed E-state index contributed by atoms with van der Waals surface area (Å²) in [5.41, 5.74) is 0. The van der Waals surface area contributed by atoms with Gasteiger partial charge in [0.1, 0.15) is 0 Å². The van der Waals surface area contributed by atoms with E-state index in [1.54, 1.807) is 0 Å². The third-order valence-corrected chi connectivity index (χ3v) is 5.25. The molecule has 0 saturated carbocycles. The van der Waals surface area contributed by atoms with Crippen molar-refractivity contribution in [3.8, 4) is 0 Å². The highest BCUT2D eigenvalue weighted by atomic mass is 127. The van der Waals surface area contributed by atoms with E-state index in [1.165, 1.54) is 14.1 Å². The minimum atomic E-state index is -1.32. The molecule has 0 heterocycles. The molecule has 0 spiro atoms. The van der Waals surface area contributed by atoms with E-state index in [4.69, 9.17) is 5.11 Å². The molecule has 0 aliphatic heterocycles. The smallest absolute Gasteiger partial charge is 0.357 e. The van der Waals surface area contributed by atoms with Crippen LogP contribution in [0.5, 0.6) is 0 Å². The molecule has 0 fully saturated rings. The summed E-state index contributed by atoms with van der Waals surface area (Å²) in [6.07, 6.45) is -0.373. The van der Waals surface area contributed by atoms with Gasteiger partial charge in [0, 0.05) is 11.9 Å². The van der Waals surface area contributed by atoms with Crippen molar-refractivity contribution in [1.82, 2.24) is 0 Å². The van der Waals surface area contributed by atoms with Gasteiger partial charge in [-0.25, -0.2) is 0 Å². The summed E-state index contributed by atoms with van der Waals surface area (Å²) in [6, 6.07) is 21.4. The molecule has 116 valence electrons. The molecule has 0 amide bonds. The van der Waals surface area contributed by atoms with E-state index < -0.39 is 17.9 Å². The molecule has 1 N–H and O–H groups in total. The fraction of sp³-hybridized carbons (Fsp3) is 0.176. The number of carbonyl (C=O) groups excluding carboxylic acids is 1. The first-order chi connectivity index (χ1) is 10.5. The molecule has 22 heavy (non-hydrogen) atoms. The molecule has 0 saturated heterocycles. The monoisotopic (exact) mass is 412 g/mol. The molecule has 2 rings (SSSR count). The van der Waals surface area contributed by atoms with Crippen LogP contribution in [-0.2, 0) is 9.59 Å². The highest BCUT2D eigenvalue weighted by molar-refractivity contribution is 5.76. The summed E-state index contributed by atoms with van der Waals surface area (Å²) >= 11 is 0.0287. The van der Waals surface area contributed by atoms with Gasteiger partial charge in [0.2, 0.25) is 0 Å². The van der Waals surface area contributed by atoms with Crippen molar-refractivity contribution in [2.75, 3.05) is 0 Å². The van der Waals surface area contributed by atoms with Crippen LogP contribution in [0.4, 0.5) is 0 Å². The summed E-state index contributed by atoms with van der Waals surface area (Å²) in [6.45, 7) is 1.30. The zero-order valence-electron chi connectivity index (χ0n) is 12.1. The summed E-state index contributed by atoms with van der Waals surface area (Å²) < 4.78 is 2.96. The van der Waals surface area contributed by atoms with Crippen LogP contribution >= 0.6 is 0 Å². The van der Waals surface area contributed by atoms with E-state index >= 15 is 0 Å². The first kappa shape index (κ1) is 18.2. The normalized spacial score (nSPS) is 11.0. The van der Waals surface area contributed by atoms with Crippen LogP contribution in [0.1, 0.15) is 13.3 Å². The lowest BCUT2D eigenvalue weighted by Gasteiger charge is -2.07. The molecule has 4 nitrogen and oxygen atoms in total. The molecule has 1 atom stereocenters. The number of hydrogen-bond acceptors (Lipinski definition) is 3. The number of rotatable bonds is 5. The van der Waals surface area contributed by atoms with Gasteiger partial charge in [-0.1, -0.05) is 43.3 Å². The topological polar surface area (TPSA) is 77.4 Å². The Morgan fingerprint density at radius 1 is 1.00 bits per heavy atom. The third-order valence-electron chi connectivity index (χ3n) is 2.57. The van der Waals surface area contributed by atoms with Gasteiger partial charge in [-0.15, -0.1) is 0 Å². The van der Waals surface area contributed by atoms with Gasteiger partial charge in [-0.05, 0) is 24.3 Å². The summed E-state index contributed by atoms with van der Waals surface area (Å²) in [5, 5.41) is 17.9. The number of aliphatic carboxylic acids is 2. The van der Waals surface area contributed by atoms with Crippen molar-refractivity contribution < 1.29 is 41.0 Å². The van der Waals surface area contributed by atoms with Crippen molar-refractivity contribution >= 4 is 11.9 Å². The van der Waals surface area contributed by atoms with Crippen LogP contribution in [0.25, 0.3) is 0 Å². The maximum atomic E-state index is 9.86. The highest BCUT2D eigenvalue weighted by Crippen LogP contribution is 1.98. The zero-order chi connectivity index (χ0) is 16.4. The lowest BCUT2D eigenvalue weighted by atomic mass is 10.1. The molecular weight excluding hydrogens is 395 g/mol. The molecule has 5 heteroatoms. The van der Waals surface area contributed by atoms with E-state index in [9.17, 15) is 14.7 Å². The van der Waals surface area contributed by atoms with Crippen molar-refractivity contribution in [2.45, 2.75) is 13.3 Å². The average molecular weight is 412 g/mol. The van der Waals surface area contributed by atoms with Crippen molar-refractivity contribution in [3.63, 3.8) is 0 Å². The molecule has 0 aliphatic rings. The van der Waals surface area contributed by atoms with E-state index in [2.05, 4.69) is 60.7 Å². The van der Waals surface area contributed by atoms with E-state index in [0.717, 1.165) is 0 Å². The van der Waals surface area contributed by atoms with Gasteiger partial charge in [0.05, 0.1) is 6.42 Å². The molecule has 2 aromatic carbocycles. The summed E-state index contributed by atoms with van der Waals surface area (Å²) in [4.78, 5) is 19.7. The molecule has 0 bridgehead atoms. The fourth-order valence-electron chi connectivity index (χ4n) is 1.43. The van der Waals surface area contributed by atoms with Crippen LogP contribution in [0.3, 0.4) is 0 Å². The van der Waals surface area contributed by atoms with Crippen molar-refractivity contribution in [2.24, 2.45) is 5.92 Å². The number of hydrogen-bond donors (Lipinski definition) is 1. The zero-order valence-corrected chi connectivity index (χ0v) is 14.3. The van der Waals surface area contributed by atoms with E-state index in [1.807, 2.05) is 0 Å². The fourth-order valence-corrected chi connectivity index (χ4v) is 3.70. The second-order valence-electron chi connectivity index (χ2n) is 4.50. The predicted octanol–water partition coefficient (Wildman–Crippen LogP) is -1.34. The van der Waals surface area contributed by atoms with Crippen molar-refractivity contribution in [1.29, 1.82) is 0 Å². The quantitative estimate of drug-likeness (QED) is 0.618. The number of carboxylic acids is 2. The van der Waals surface area contributed by atoms with Gasteiger partial charge in [0.15, 0.2) is 7.14 Å². The Balaban J connectivity index is 0.000000239. The minimum absolute atomic E-state index is 0.0287. The maximum absolute atomic E-state index is 9.86. The first-order valence-electron chi connectivity index (χ1n) is 6.66. The van der Waals surface area contributed by atoms with Gasteiger partial charge >= 0.3 is 27.2 Å². The van der Waals surface area contributed by atoms with E-state index in [-0.39, 0.29) is 27.6 Å². The number of carboxylic acid groups (broad SMARTS) is 2. The molecule has 0 aliphatic carbocycles. The molecule has 2 aromatic rings. The Morgan fingerprint density at radius 3 is 1.68 bits per heavy atom. The largest absolute Gasteiger partial charge is 0.550 e. The Hall–Kier alpha value is -1.89. The summed E-state index contributed by atoms with van der Waals surface area (Å²) in [7, 11) is 0. The molecule has 1 unspecified atom stereocenters. The average Bonchev–Trinajstić information content (AvgIpc) is 2.49. The van der Waals surface area contributed by atoms with Gasteiger partial charge in [-0.2, -0.15) is 0 Å². The van der Waals surface area contributed by atoms with Crippen LogP contribution in [0.15, 0.2) is 60.7 Å². The Kier molecular flexibility index (Phi) is 8.21. The lowest BCUT2D eigenvalue weighted by Crippen LogP contribution is -3.61. The predicted molar refractivity (Wildman–Crippen MR) is 76.7 cm³/mol. The SMILES string of the molecule is CC(CC(=O)O)C(=O)[O-].c1ccc([I+]c2ccccc2)cc1. The minimum Gasteiger partial charge on any atom is -0.550 e. The highest BCUT2D eigenvalue weighted by Gasteiger charge is 2.12. The van der Waals surface area contributed by atoms with Crippen LogP contribution < -0.4 is 26.3 Å². The van der Waals surface area contributed by atoms with Crippen LogP contribution in [-0.4, -0.2) is 17.0 Å². The second-order valence-corrected chi connectivity index (χ2v) is 7.53. The molecular formula is C17H17IO4. The number of carbonyl (C=O) groups is 2. The van der Waals surface area contributed by atoms with Crippen LogP contribution in [0, 0.1) is 13.1 Å². The number of halogens is 1. The van der Waals surface area contributed by atoms with Gasteiger partial charge in [-0.3, -0.25) is 4.79 Å². The third kappa shape index (κ3) is 7.78. The second kappa shape index (κ2) is 9.94. The maximum Gasteiger partial charge on any atom is 0.357 e. The van der Waals surface area contributed by atoms with E-state index in [0.29, 0.717) is 0 Å². The first-order valence-corrected chi connectivity index (χ1v) is 8.82. The molecule has 0 radical (unpaired) electrons. The standard InChI is InChI=1S/C12H10I.C5H8O4/c1-3-7-11(8-4-1)13-12-9-5-2-6-10-12;1-3(5(8)9)2-4(6)7/h1-10H;3H,2H2,1H3,(H,6,7)(H,8,9)/q+1;/p-1. The molecule has 0 aromatic heterocycles. The Morgan fingerprint density at radius 2 is 1.41 bits per heavy atom. The van der Waals surface area contributed by atoms with Crippen molar-refractivity contribution in [3.05, 3.63) is 67.8 Å². The van der Waals surface area contributed by atoms with Gasteiger partial charge < -0.3 is 15.0 Å². The lowest BCUT2D eigenvalue weighted by molar-refractivity contribution is -0.597. The summed E-state index contributed by atoms with van der Waals surface area (Å²) in [5.74, 6) is -3.34. The Bertz CT molecular complexity index is 547. The van der Waals surface area contributed by atoms with Crippen LogP contribution in [0.2, 0.25) is 0 Å². The number of benzene rings is 2. The Labute approximate surface area is 140 Å². The van der Waals surface area contributed by atoms with Gasteiger partial charge in [0.25, 0.3) is 0 Å².